The first-order valence-corrected chi connectivity index (χ1v) is 18.7. The van der Waals surface area contributed by atoms with Crippen LogP contribution < -0.4 is 5.43 Å². The van der Waals surface area contributed by atoms with Gasteiger partial charge in [0.15, 0.2) is 17.3 Å². The molecule has 2 atom stereocenters. The normalized spacial score (nSPS) is 13.6. The molecule has 0 amide bonds. The zero-order valence-electron chi connectivity index (χ0n) is 23.7. The van der Waals surface area contributed by atoms with Gasteiger partial charge in [-0.25, -0.2) is 14.1 Å². The Kier molecular flexibility index (Phi) is 9.77. The Morgan fingerprint density at radius 3 is 2.40 bits per heavy atom. The fourth-order valence-electron chi connectivity index (χ4n) is 4.72. The van der Waals surface area contributed by atoms with Gasteiger partial charge in [-0.05, 0) is 35.7 Å². The molecular formula is C29H35FN4O6SSi. The smallest absolute Gasteiger partial charge is 0.272 e. The minimum absolute atomic E-state index is 0.00442. The van der Waals surface area contributed by atoms with Gasteiger partial charge >= 0.3 is 0 Å². The number of ether oxygens (including phenoxy) is 1. The molecule has 4 aromatic rings. The van der Waals surface area contributed by atoms with Crippen LogP contribution in [-0.2, 0) is 34.6 Å². The molecule has 0 spiro atoms. The average Bonchev–Trinajstić information content (AvgIpc) is 3.37. The fourth-order valence-corrected chi connectivity index (χ4v) is 6.65. The number of hydrogen-bond donors (Lipinski definition) is 2. The lowest BCUT2D eigenvalue weighted by molar-refractivity contribution is 0.0769. The standard InChI is InChI=1S/C29H35FN4O6SSi/c1-42(2,3)16-15-40-20-34-19-25(35)27(36)26(32-34)29-31-13-14-33(29)18-23(17-21-7-5-4-6-8-21)28(41(37,38)39)22-9-11-24(30)12-10-22/h4-14,19,23,28,35H,15-18,20H2,1-3H3,(H,37,38,39)/t23-,28+/m1/s1. The van der Waals surface area contributed by atoms with Crippen LogP contribution in [0.25, 0.3) is 11.5 Å². The molecule has 0 aliphatic heterocycles. The van der Waals surface area contributed by atoms with Crippen LogP contribution in [-0.4, -0.2) is 52.1 Å². The van der Waals surface area contributed by atoms with Gasteiger partial charge < -0.3 is 14.4 Å². The molecule has 2 N–H and O–H groups in total. The van der Waals surface area contributed by atoms with E-state index in [0.717, 1.165) is 23.7 Å². The second-order valence-electron chi connectivity index (χ2n) is 11.4. The number of hydrogen-bond acceptors (Lipinski definition) is 7. The molecule has 2 heterocycles. The molecule has 13 heteroatoms. The van der Waals surface area contributed by atoms with Crippen LogP contribution in [0.2, 0.25) is 25.7 Å². The fraction of sp³-hybridized carbons (Fsp3) is 0.345. The number of rotatable bonds is 13. The van der Waals surface area contributed by atoms with Crippen molar-refractivity contribution in [3.05, 3.63) is 100 Å². The van der Waals surface area contributed by atoms with E-state index in [1.807, 2.05) is 30.3 Å². The Bertz CT molecular complexity index is 1650. The van der Waals surface area contributed by atoms with E-state index in [1.165, 1.54) is 29.2 Å². The SMILES string of the molecule is C[Si](C)(C)CCOCn1cc(O)c(=O)c(-c2nccn2C[C@@H](Cc2ccccc2)[C@H](c2ccc(F)cc2)S(=O)(=O)O)n1. The molecular weight excluding hydrogens is 579 g/mol. The average molecular weight is 615 g/mol. The Hall–Kier alpha value is -3.65. The van der Waals surface area contributed by atoms with Crippen molar-refractivity contribution in [3.8, 4) is 17.3 Å². The zero-order chi connectivity index (χ0) is 30.5. The summed E-state index contributed by atoms with van der Waals surface area (Å²) >= 11 is 0. The van der Waals surface area contributed by atoms with Gasteiger partial charge in [-0.2, -0.15) is 13.5 Å². The molecule has 4 rings (SSSR count). The molecule has 10 nitrogen and oxygen atoms in total. The van der Waals surface area contributed by atoms with E-state index < -0.39 is 46.4 Å². The van der Waals surface area contributed by atoms with Crippen molar-refractivity contribution in [2.24, 2.45) is 5.92 Å². The second-order valence-corrected chi connectivity index (χ2v) is 18.6. The molecule has 42 heavy (non-hydrogen) atoms. The molecule has 0 saturated heterocycles. The quantitative estimate of drug-likeness (QED) is 0.125. The first-order chi connectivity index (χ1) is 19.8. The lowest BCUT2D eigenvalue weighted by Gasteiger charge is -2.26. The van der Waals surface area contributed by atoms with Crippen LogP contribution in [0.5, 0.6) is 5.75 Å². The molecule has 0 fully saturated rings. The second kappa shape index (κ2) is 13.1. The number of aromatic nitrogens is 4. The largest absolute Gasteiger partial charge is 0.503 e. The maximum Gasteiger partial charge on any atom is 0.272 e. The van der Waals surface area contributed by atoms with Gasteiger partial charge in [0.05, 0.1) is 6.20 Å². The van der Waals surface area contributed by atoms with Gasteiger partial charge in [-0.3, -0.25) is 9.35 Å². The Labute approximate surface area is 245 Å². The number of benzene rings is 2. The lowest BCUT2D eigenvalue weighted by atomic mass is 9.91. The summed E-state index contributed by atoms with van der Waals surface area (Å²) in [6, 6.07) is 15.0. The maximum absolute atomic E-state index is 13.7. The highest BCUT2D eigenvalue weighted by Gasteiger charge is 2.35. The Morgan fingerprint density at radius 1 is 1.07 bits per heavy atom. The summed E-state index contributed by atoms with van der Waals surface area (Å²) in [7, 11) is -5.99. The predicted molar refractivity (Wildman–Crippen MR) is 160 cm³/mol. The van der Waals surface area contributed by atoms with Crippen molar-refractivity contribution in [1.82, 2.24) is 19.3 Å². The third-order valence-electron chi connectivity index (χ3n) is 6.81. The first kappa shape index (κ1) is 31.3. The van der Waals surface area contributed by atoms with Gasteiger partial charge in [0.25, 0.3) is 15.5 Å². The van der Waals surface area contributed by atoms with Crippen LogP contribution in [0.1, 0.15) is 16.4 Å². The highest BCUT2D eigenvalue weighted by molar-refractivity contribution is 7.86. The van der Waals surface area contributed by atoms with E-state index in [9.17, 15) is 27.3 Å². The molecule has 0 bridgehead atoms. The topological polar surface area (TPSA) is 137 Å². The lowest BCUT2D eigenvalue weighted by Crippen LogP contribution is -2.28. The molecule has 0 saturated carbocycles. The molecule has 224 valence electrons. The van der Waals surface area contributed by atoms with E-state index >= 15 is 0 Å². The molecule has 0 radical (unpaired) electrons. The number of nitrogens with zero attached hydrogens (tertiary/aromatic N) is 4. The molecule has 2 aromatic carbocycles. The summed E-state index contributed by atoms with van der Waals surface area (Å²) in [6.45, 7) is 7.20. The van der Waals surface area contributed by atoms with Crippen LogP contribution in [0, 0.1) is 11.7 Å². The minimum Gasteiger partial charge on any atom is -0.503 e. The van der Waals surface area contributed by atoms with Crippen molar-refractivity contribution in [2.45, 2.75) is 50.6 Å². The monoisotopic (exact) mass is 614 g/mol. The van der Waals surface area contributed by atoms with E-state index in [-0.39, 0.29) is 36.8 Å². The van der Waals surface area contributed by atoms with Crippen LogP contribution in [0.15, 0.2) is 78.0 Å². The van der Waals surface area contributed by atoms with E-state index in [0.29, 0.717) is 6.61 Å². The minimum atomic E-state index is -4.67. The number of halogens is 1. The highest BCUT2D eigenvalue weighted by Crippen LogP contribution is 2.34. The molecule has 0 aliphatic carbocycles. The third kappa shape index (κ3) is 8.22. The van der Waals surface area contributed by atoms with Gasteiger partial charge in [-0.1, -0.05) is 62.1 Å². The van der Waals surface area contributed by atoms with Gasteiger partial charge in [0.1, 0.15) is 17.8 Å². The van der Waals surface area contributed by atoms with Crippen LogP contribution in [0.3, 0.4) is 0 Å². The van der Waals surface area contributed by atoms with Gasteiger partial charge in [0.2, 0.25) is 0 Å². The molecule has 0 unspecified atom stereocenters. The van der Waals surface area contributed by atoms with Crippen molar-refractivity contribution < 1.29 is 27.2 Å². The summed E-state index contributed by atoms with van der Waals surface area (Å²) in [5.74, 6) is -1.74. The molecule has 2 aromatic heterocycles. The van der Waals surface area contributed by atoms with Crippen LogP contribution >= 0.6 is 0 Å². The summed E-state index contributed by atoms with van der Waals surface area (Å²) in [4.78, 5) is 17.3. The van der Waals surface area contributed by atoms with E-state index in [4.69, 9.17) is 4.74 Å². The van der Waals surface area contributed by atoms with Crippen LogP contribution in [0.4, 0.5) is 4.39 Å². The van der Waals surface area contributed by atoms with Gasteiger partial charge in [-0.15, -0.1) is 0 Å². The summed E-state index contributed by atoms with van der Waals surface area (Å²) < 4.78 is 58.3. The van der Waals surface area contributed by atoms with Crippen molar-refractivity contribution in [2.75, 3.05) is 6.61 Å². The van der Waals surface area contributed by atoms with E-state index in [2.05, 4.69) is 29.7 Å². The zero-order valence-corrected chi connectivity index (χ0v) is 25.5. The third-order valence-corrected chi connectivity index (χ3v) is 9.82. The Balaban J connectivity index is 1.71. The summed E-state index contributed by atoms with van der Waals surface area (Å²) in [6.07, 6.45) is 4.42. The Morgan fingerprint density at radius 2 is 1.76 bits per heavy atom. The van der Waals surface area contributed by atoms with Crippen molar-refractivity contribution >= 4 is 18.2 Å². The molecule has 0 aliphatic rings. The predicted octanol–water partition coefficient (Wildman–Crippen LogP) is 4.75. The number of aromatic hydroxyl groups is 1. The first-order valence-electron chi connectivity index (χ1n) is 13.5. The number of imidazole rings is 1. The summed E-state index contributed by atoms with van der Waals surface area (Å²) in [5, 5.41) is 13.3. The van der Waals surface area contributed by atoms with Crippen molar-refractivity contribution in [3.63, 3.8) is 0 Å². The maximum atomic E-state index is 13.7. The van der Waals surface area contributed by atoms with Crippen molar-refractivity contribution in [1.29, 1.82) is 0 Å². The summed E-state index contributed by atoms with van der Waals surface area (Å²) in [5.41, 5.74) is 0.144. The van der Waals surface area contributed by atoms with Gasteiger partial charge in [0, 0.05) is 39.5 Å². The van der Waals surface area contributed by atoms with E-state index in [1.54, 1.807) is 10.8 Å². The highest BCUT2D eigenvalue weighted by atomic mass is 32.2.